The fourth-order valence-electron chi connectivity index (χ4n) is 1.90. The first-order valence-corrected chi connectivity index (χ1v) is 5.80. The van der Waals surface area contributed by atoms with Crippen LogP contribution in [-0.2, 0) is 0 Å². The van der Waals surface area contributed by atoms with Crippen LogP contribution >= 0.6 is 15.9 Å². The summed E-state index contributed by atoms with van der Waals surface area (Å²) in [5, 5.41) is 10.0. The third kappa shape index (κ3) is 2.13. The Morgan fingerprint density at radius 2 is 2.20 bits per heavy atom. The Morgan fingerprint density at radius 3 is 2.80 bits per heavy atom. The molecule has 1 N–H and O–H groups in total. The molecule has 0 spiro atoms. The highest BCUT2D eigenvalue weighted by Gasteiger charge is 2.21. The van der Waals surface area contributed by atoms with Gasteiger partial charge in [0.05, 0.1) is 0 Å². The second-order valence-electron chi connectivity index (χ2n) is 3.71. The van der Waals surface area contributed by atoms with Crippen LogP contribution in [0, 0.1) is 5.82 Å². The van der Waals surface area contributed by atoms with Crippen LogP contribution in [0.1, 0.15) is 30.9 Å². The molecule has 1 aliphatic carbocycles. The SMILES string of the molecule is OC(C1=CCCC1)c1c(F)cccc1Br. The lowest BCUT2D eigenvalue weighted by molar-refractivity contribution is 0.206. The smallest absolute Gasteiger partial charge is 0.130 e. The number of hydrogen-bond acceptors (Lipinski definition) is 1. The number of aliphatic hydroxyl groups is 1. The van der Waals surface area contributed by atoms with Crippen LogP contribution < -0.4 is 0 Å². The summed E-state index contributed by atoms with van der Waals surface area (Å²) in [5.41, 5.74) is 1.28. The molecule has 1 aliphatic rings. The quantitative estimate of drug-likeness (QED) is 0.812. The van der Waals surface area contributed by atoms with Crippen molar-refractivity contribution in [3.8, 4) is 0 Å². The van der Waals surface area contributed by atoms with E-state index in [9.17, 15) is 9.50 Å². The van der Waals surface area contributed by atoms with Crippen molar-refractivity contribution in [2.45, 2.75) is 25.4 Å². The van der Waals surface area contributed by atoms with Crippen LogP contribution in [0.4, 0.5) is 4.39 Å². The van der Waals surface area contributed by atoms with E-state index in [1.54, 1.807) is 12.1 Å². The molecule has 1 unspecified atom stereocenters. The molecule has 15 heavy (non-hydrogen) atoms. The van der Waals surface area contributed by atoms with Gasteiger partial charge in [-0.2, -0.15) is 0 Å². The first-order chi connectivity index (χ1) is 7.20. The summed E-state index contributed by atoms with van der Waals surface area (Å²) in [5.74, 6) is -0.357. The summed E-state index contributed by atoms with van der Waals surface area (Å²) in [6.07, 6.45) is 4.10. The molecule has 0 amide bonds. The van der Waals surface area contributed by atoms with Crippen LogP contribution in [0.15, 0.2) is 34.3 Å². The first kappa shape index (κ1) is 10.8. The number of hydrogen-bond donors (Lipinski definition) is 1. The Labute approximate surface area is 96.8 Å². The molecule has 0 fully saturated rings. The average molecular weight is 271 g/mol. The minimum atomic E-state index is -0.803. The molecule has 0 saturated carbocycles. The number of aliphatic hydroxyl groups excluding tert-OH is 1. The minimum Gasteiger partial charge on any atom is -0.384 e. The number of benzene rings is 1. The van der Waals surface area contributed by atoms with Crippen molar-refractivity contribution < 1.29 is 9.50 Å². The van der Waals surface area contributed by atoms with Gasteiger partial charge in [-0.05, 0) is 37.0 Å². The molecular weight excluding hydrogens is 259 g/mol. The van der Waals surface area contributed by atoms with Gasteiger partial charge in [0.25, 0.3) is 0 Å². The van der Waals surface area contributed by atoms with Gasteiger partial charge in [-0.15, -0.1) is 0 Å². The summed E-state index contributed by atoms with van der Waals surface area (Å²) < 4.78 is 14.2. The molecule has 2 rings (SSSR count). The third-order valence-corrected chi connectivity index (χ3v) is 3.39. The average Bonchev–Trinajstić information content (AvgIpc) is 2.69. The lowest BCUT2D eigenvalue weighted by Crippen LogP contribution is -2.03. The van der Waals surface area contributed by atoms with Crippen LogP contribution in [0.25, 0.3) is 0 Å². The summed E-state index contributed by atoms with van der Waals surface area (Å²) in [6, 6.07) is 4.74. The molecule has 1 aromatic carbocycles. The van der Waals surface area contributed by atoms with Crippen molar-refractivity contribution >= 4 is 15.9 Å². The molecule has 1 atom stereocenters. The zero-order chi connectivity index (χ0) is 10.8. The maximum Gasteiger partial charge on any atom is 0.130 e. The highest BCUT2D eigenvalue weighted by Crippen LogP contribution is 2.35. The maximum absolute atomic E-state index is 13.5. The van der Waals surface area contributed by atoms with Gasteiger partial charge in [0.15, 0.2) is 0 Å². The predicted molar refractivity (Wildman–Crippen MR) is 61.0 cm³/mol. The standard InChI is InChI=1S/C12H12BrFO/c13-9-6-3-7-10(14)11(9)12(15)8-4-1-2-5-8/h3-4,6-7,12,15H,1-2,5H2. The zero-order valence-corrected chi connectivity index (χ0v) is 9.80. The topological polar surface area (TPSA) is 20.2 Å². The fourth-order valence-corrected chi connectivity index (χ4v) is 2.46. The Morgan fingerprint density at radius 1 is 1.40 bits per heavy atom. The highest BCUT2D eigenvalue weighted by atomic mass is 79.9. The minimum absolute atomic E-state index is 0.352. The van der Waals surface area contributed by atoms with Gasteiger partial charge in [0, 0.05) is 10.0 Å². The lowest BCUT2D eigenvalue weighted by atomic mass is 10.0. The van der Waals surface area contributed by atoms with Crippen LogP contribution in [0.2, 0.25) is 0 Å². The van der Waals surface area contributed by atoms with E-state index in [-0.39, 0.29) is 5.82 Å². The molecule has 0 bridgehead atoms. The van der Waals surface area contributed by atoms with E-state index < -0.39 is 6.10 Å². The predicted octanol–water partition coefficient (Wildman–Crippen LogP) is 3.73. The monoisotopic (exact) mass is 270 g/mol. The second-order valence-corrected chi connectivity index (χ2v) is 4.56. The van der Waals surface area contributed by atoms with E-state index in [1.165, 1.54) is 6.07 Å². The van der Waals surface area contributed by atoms with Gasteiger partial charge >= 0.3 is 0 Å². The number of halogens is 2. The fraction of sp³-hybridized carbons (Fsp3) is 0.333. The largest absolute Gasteiger partial charge is 0.384 e. The first-order valence-electron chi connectivity index (χ1n) is 5.01. The molecule has 1 nitrogen and oxygen atoms in total. The van der Waals surface area contributed by atoms with Gasteiger partial charge in [-0.25, -0.2) is 4.39 Å². The normalized spacial score (nSPS) is 17.7. The molecule has 0 aromatic heterocycles. The second kappa shape index (κ2) is 4.45. The van der Waals surface area contributed by atoms with E-state index in [4.69, 9.17) is 0 Å². The molecule has 0 heterocycles. The Hall–Kier alpha value is -0.670. The van der Waals surface area contributed by atoms with E-state index in [2.05, 4.69) is 15.9 Å². The molecule has 1 aromatic rings. The van der Waals surface area contributed by atoms with Gasteiger partial charge < -0.3 is 5.11 Å². The van der Waals surface area contributed by atoms with Gasteiger partial charge in [0.2, 0.25) is 0 Å². The van der Waals surface area contributed by atoms with Crippen molar-refractivity contribution in [2.24, 2.45) is 0 Å². The highest BCUT2D eigenvalue weighted by molar-refractivity contribution is 9.10. The Bertz CT molecular complexity index is 380. The van der Waals surface area contributed by atoms with Crippen LogP contribution in [-0.4, -0.2) is 5.11 Å². The van der Waals surface area contributed by atoms with E-state index in [1.807, 2.05) is 6.08 Å². The van der Waals surface area contributed by atoms with Crippen molar-refractivity contribution in [3.63, 3.8) is 0 Å². The van der Waals surface area contributed by atoms with E-state index in [0.717, 1.165) is 24.8 Å². The zero-order valence-electron chi connectivity index (χ0n) is 8.21. The van der Waals surface area contributed by atoms with Crippen molar-refractivity contribution in [1.29, 1.82) is 0 Å². The Kier molecular flexibility index (Phi) is 3.22. The van der Waals surface area contributed by atoms with Gasteiger partial charge in [-0.1, -0.05) is 28.1 Å². The molecule has 0 saturated heterocycles. The third-order valence-electron chi connectivity index (χ3n) is 2.70. The van der Waals surface area contributed by atoms with E-state index >= 15 is 0 Å². The van der Waals surface area contributed by atoms with E-state index in [0.29, 0.717) is 10.0 Å². The summed E-state index contributed by atoms with van der Waals surface area (Å²) in [7, 11) is 0. The van der Waals surface area contributed by atoms with Crippen molar-refractivity contribution in [3.05, 3.63) is 45.7 Å². The van der Waals surface area contributed by atoms with Crippen molar-refractivity contribution in [1.82, 2.24) is 0 Å². The van der Waals surface area contributed by atoms with Crippen molar-refractivity contribution in [2.75, 3.05) is 0 Å². The molecule has 0 aliphatic heterocycles. The van der Waals surface area contributed by atoms with Gasteiger partial charge in [0.1, 0.15) is 11.9 Å². The Balaban J connectivity index is 2.36. The molecular formula is C12H12BrFO. The van der Waals surface area contributed by atoms with Crippen LogP contribution in [0.5, 0.6) is 0 Å². The maximum atomic E-state index is 13.5. The number of rotatable bonds is 2. The molecule has 0 radical (unpaired) electrons. The number of allylic oxidation sites excluding steroid dienone is 1. The summed E-state index contributed by atoms with van der Waals surface area (Å²) in [4.78, 5) is 0. The van der Waals surface area contributed by atoms with Gasteiger partial charge in [-0.3, -0.25) is 0 Å². The molecule has 80 valence electrons. The van der Waals surface area contributed by atoms with Crippen LogP contribution in [0.3, 0.4) is 0 Å². The molecule has 3 heteroatoms. The summed E-state index contributed by atoms with van der Waals surface area (Å²) in [6.45, 7) is 0. The summed E-state index contributed by atoms with van der Waals surface area (Å²) >= 11 is 3.27. The lowest BCUT2D eigenvalue weighted by Gasteiger charge is -2.14.